The fourth-order valence-electron chi connectivity index (χ4n) is 5.33. The van der Waals surface area contributed by atoms with Crippen LogP contribution in [0.15, 0.2) is 78.9 Å². The van der Waals surface area contributed by atoms with Gasteiger partial charge < -0.3 is 14.6 Å². The van der Waals surface area contributed by atoms with E-state index in [4.69, 9.17) is 0 Å². The van der Waals surface area contributed by atoms with Gasteiger partial charge >= 0.3 is 0 Å². The Kier molecular flexibility index (Phi) is 6.11. The van der Waals surface area contributed by atoms with E-state index in [9.17, 15) is 5.11 Å². The lowest BCUT2D eigenvalue weighted by Crippen LogP contribution is -3.09. The normalized spacial score (nSPS) is 15.9. The molecule has 4 aromatic rings. The van der Waals surface area contributed by atoms with Crippen molar-refractivity contribution >= 4 is 10.9 Å². The van der Waals surface area contributed by atoms with Crippen LogP contribution in [0.25, 0.3) is 10.9 Å². The van der Waals surface area contributed by atoms with Crippen LogP contribution in [0.4, 0.5) is 0 Å². The highest BCUT2D eigenvalue weighted by atomic mass is 16.3. The number of hydrogen-bond donors (Lipinski definition) is 2. The molecule has 1 aliphatic carbocycles. The van der Waals surface area contributed by atoms with Crippen LogP contribution >= 0.6 is 0 Å². The van der Waals surface area contributed by atoms with Gasteiger partial charge in [-0.2, -0.15) is 0 Å². The Morgan fingerprint density at radius 3 is 2.22 bits per heavy atom. The van der Waals surface area contributed by atoms with Gasteiger partial charge in [-0.25, -0.2) is 0 Å². The first-order valence-corrected chi connectivity index (χ1v) is 11.9. The molecule has 0 saturated carbocycles. The fourth-order valence-corrected chi connectivity index (χ4v) is 5.33. The molecule has 3 heteroatoms. The Hall–Kier alpha value is -2.88. The zero-order chi connectivity index (χ0) is 21.9. The Labute approximate surface area is 190 Å². The molecule has 0 spiro atoms. The molecule has 0 bridgehead atoms. The van der Waals surface area contributed by atoms with Crippen molar-refractivity contribution in [1.82, 2.24) is 4.57 Å². The van der Waals surface area contributed by atoms with E-state index in [1.54, 1.807) is 0 Å². The van der Waals surface area contributed by atoms with E-state index in [1.807, 2.05) is 0 Å². The summed E-state index contributed by atoms with van der Waals surface area (Å²) in [5, 5.41) is 12.3. The van der Waals surface area contributed by atoms with E-state index in [2.05, 4.69) is 90.4 Å². The van der Waals surface area contributed by atoms with Crippen molar-refractivity contribution in [3.8, 4) is 0 Å². The number of nitrogens with zero attached hydrogens (tertiary/aromatic N) is 1. The maximum Gasteiger partial charge on any atom is 0.103 e. The lowest BCUT2D eigenvalue weighted by Gasteiger charge is -2.24. The van der Waals surface area contributed by atoms with Gasteiger partial charge in [-0.15, -0.1) is 0 Å². The first-order valence-electron chi connectivity index (χ1n) is 11.9. The van der Waals surface area contributed by atoms with Gasteiger partial charge in [0, 0.05) is 22.0 Å². The van der Waals surface area contributed by atoms with Crippen molar-refractivity contribution in [2.75, 3.05) is 6.54 Å². The standard InChI is InChI=1S/C29H32N2O/c1-22-15-16-27-26(19-22)25-13-8-14-28(32)29(25)31(27)18-17-30(20-23-9-4-2-5-10-23)21-24-11-6-3-7-12-24/h2-7,9-12,15-16,19,28,32H,8,13-14,17-18,20-21H2,1H3/p+1/t28-/m1/s1. The molecule has 1 aromatic heterocycles. The Morgan fingerprint density at radius 1 is 0.906 bits per heavy atom. The van der Waals surface area contributed by atoms with Crippen LogP contribution in [0, 0.1) is 6.92 Å². The molecular formula is C29H33N2O+. The van der Waals surface area contributed by atoms with Gasteiger partial charge in [0.05, 0.1) is 24.9 Å². The molecular weight excluding hydrogens is 392 g/mol. The number of quaternary nitrogens is 1. The molecule has 5 rings (SSSR count). The van der Waals surface area contributed by atoms with Crippen LogP contribution in [0.5, 0.6) is 0 Å². The number of nitrogens with one attached hydrogen (secondary N) is 1. The Bertz CT molecular complexity index is 1140. The third kappa shape index (κ3) is 4.36. The molecule has 0 amide bonds. The number of aliphatic hydroxyl groups is 1. The summed E-state index contributed by atoms with van der Waals surface area (Å²) < 4.78 is 2.42. The first-order chi connectivity index (χ1) is 15.7. The maximum atomic E-state index is 10.9. The molecule has 0 radical (unpaired) electrons. The summed E-state index contributed by atoms with van der Waals surface area (Å²) in [4.78, 5) is 1.54. The zero-order valence-electron chi connectivity index (χ0n) is 18.9. The van der Waals surface area contributed by atoms with E-state index in [-0.39, 0.29) is 6.10 Å². The SMILES string of the molecule is Cc1ccc2c(c1)c1c(n2CC[NH+](Cc2ccccc2)Cc2ccccc2)[C@H](O)CCC1. The largest absolute Gasteiger partial charge is 0.387 e. The van der Waals surface area contributed by atoms with Crippen molar-refractivity contribution in [1.29, 1.82) is 0 Å². The average molecular weight is 426 g/mol. The van der Waals surface area contributed by atoms with Gasteiger partial charge in [-0.05, 0) is 43.9 Å². The third-order valence-corrected chi connectivity index (χ3v) is 6.87. The molecule has 1 heterocycles. The van der Waals surface area contributed by atoms with Gasteiger partial charge in [0.2, 0.25) is 0 Å². The molecule has 1 atom stereocenters. The highest BCUT2D eigenvalue weighted by molar-refractivity contribution is 5.86. The lowest BCUT2D eigenvalue weighted by atomic mass is 9.93. The Balaban J connectivity index is 1.45. The van der Waals surface area contributed by atoms with Crippen LogP contribution in [0.2, 0.25) is 0 Å². The van der Waals surface area contributed by atoms with Crippen LogP contribution in [-0.4, -0.2) is 16.2 Å². The number of aryl methyl sites for hydroxylation is 2. The smallest absolute Gasteiger partial charge is 0.103 e. The quantitative estimate of drug-likeness (QED) is 0.445. The minimum atomic E-state index is -0.349. The number of hydrogen-bond acceptors (Lipinski definition) is 1. The summed E-state index contributed by atoms with van der Waals surface area (Å²) in [6, 6.07) is 28.4. The van der Waals surface area contributed by atoms with E-state index < -0.39 is 0 Å². The number of benzene rings is 3. The van der Waals surface area contributed by atoms with Crippen LogP contribution in [0.1, 0.15) is 46.9 Å². The van der Waals surface area contributed by atoms with Crippen molar-refractivity contribution in [3.63, 3.8) is 0 Å². The summed E-state index contributed by atoms with van der Waals surface area (Å²) in [7, 11) is 0. The molecule has 0 fully saturated rings. The van der Waals surface area contributed by atoms with Crippen molar-refractivity contribution in [2.24, 2.45) is 0 Å². The van der Waals surface area contributed by atoms with Gasteiger partial charge in [0.25, 0.3) is 0 Å². The predicted molar refractivity (Wildman–Crippen MR) is 131 cm³/mol. The molecule has 1 aliphatic rings. The number of aliphatic hydroxyl groups excluding tert-OH is 1. The second-order valence-electron chi connectivity index (χ2n) is 9.27. The molecule has 0 unspecified atom stereocenters. The molecule has 2 N–H and O–H groups in total. The molecule has 3 nitrogen and oxygen atoms in total. The maximum absolute atomic E-state index is 10.9. The highest BCUT2D eigenvalue weighted by Gasteiger charge is 2.27. The topological polar surface area (TPSA) is 29.6 Å². The molecule has 164 valence electrons. The van der Waals surface area contributed by atoms with Crippen molar-refractivity contribution in [2.45, 2.75) is 51.9 Å². The Morgan fingerprint density at radius 2 is 1.56 bits per heavy atom. The van der Waals surface area contributed by atoms with E-state index in [0.29, 0.717) is 0 Å². The van der Waals surface area contributed by atoms with Gasteiger partial charge in [-0.3, -0.25) is 0 Å². The molecule has 0 aliphatic heterocycles. The van der Waals surface area contributed by atoms with E-state index in [0.717, 1.165) is 51.1 Å². The summed E-state index contributed by atoms with van der Waals surface area (Å²) in [6.07, 6.45) is 2.66. The van der Waals surface area contributed by atoms with E-state index in [1.165, 1.54) is 38.1 Å². The monoisotopic (exact) mass is 425 g/mol. The van der Waals surface area contributed by atoms with Crippen LogP contribution < -0.4 is 4.90 Å². The van der Waals surface area contributed by atoms with Gasteiger partial charge in [0.15, 0.2) is 0 Å². The zero-order valence-corrected chi connectivity index (χ0v) is 18.9. The van der Waals surface area contributed by atoms with Crippen molar-refractivity contribution < 1.29 is 10.0 Å². The fraction of sp³-hybridized carbons (Fsp3) is 0.310. The van der Waals surface area contributed by atoms with Gasteiger partial charge in [0.1, 0.15) is 13.1 Å². The first kappa shape index (κ1) is 21.0. The third-order valence-electron chi connectivity index (χ3n) is 6.87. The van der Waals surface area contributed by atoms with Crippen LogP contribution in [0.3, 0.4) is 0 Å². The second-order valence-corrected chi connectivity index (χ2v) is 9.27. The summed E-state index contributed by atoms with van der Waals surface area (Å²) in [5.74, 6) is 0. The molecule has 3 aromatic carbocycles. The number of rotatable bonds is 7. The van der Waals surface area contributed by atoms with Gasteiger partial charge in [-0.1, -0.05) is 72.3 Å². The lowest BCUT2D eigenvalue weighted by molar-refractivity contribution is -0.928. The highest BCUT2D eigenvalue weighted by Crippen LogP contribution is 2.37. The second kappa shape index (κ2) is 9.32. The summed E-state index contributed by atoms with van der Waals surface area (Å²) in [5.41, 5.74) is 7.84. The average Bonchev–Trinajstić information content (AvgIpc) is 3.13. The van der Waals surface area contributed by atoms with Crippen molar-refractivity contribution in [3.05, 3.63) is 107 Å². The minimum Gasteiger partial charge on any atom is -0.387 e. The van der Waals surface area contributed by atoms with E-state index >= 15 is 0 Å². The van der Waals surface area contributed by atoms with Crippen LogP contribution in [-0.2, 0) is 26.1 Å². The number of aromatic nitrogens is 1. The number of fused-ring (bicyclic) bond motifs is 3. The summed E-state index contributed by atoms with van der Waals surface area (Å²) in [6.45, 7) is 6.09. The molecule has 32 heavy (non-hydrogen) atoms. The molecule has 0 saturated heterocycles. The minimum absolute atomic E-state index is 0.349. The summed E-state index contributed by atoms with van der Waals surface area (Å²) >= 11 is 0. The predicted octanol–water partition coefficient (Wildman–Crippen LogP) is 4.60.